The summed E-state index contributed by atoms with van der Waals surface area (Å²) in [6.45, 7) is 1.86. The van der Waals surface area contributed by atoms with Crippen molar-refractivity contribution in [1.29, 1.82) is 0 Å². The number of nitrogens with one attached hydrogen (secondary N) is 1. The van der Waals surface area contributed by atoms with Gasteiger partial charge >= 0.3 is 44.3 Å². The van der Waals surface area contributed by atoms with Crippen molar-refractivity contribution in [3.05, 3.63) is 0 Å². The molecule has 0 bridgehead atoms. The molecule has 6 heavy (non-hydrogen) atoms. The molecule has 1 aliphatic rings. The summed E-state index contributed by atoms with van der Waals surface area (Å²) in [4.78, 5) is 0. The molecule has 1 unspecified atom stereocenters. The second-order valence-electron chi connectivity index (χ2n) is 1.18. The van der Waals surface area contributed by atoms with Crippen LogP contribution in [0.2, 0.25) is 0 Å². The summed E-state index contributed by atoms with van der Waals surface area (Å²) in [6.07, 6.45) is 0. The first-order valence-electron chi connectivity index (χ1n) is 1.92. The van der Waals surface area contributed by atoms with Gasteiger partial charge in [0, 0.05) is 0 Å². The average Bonchev–Trinajstić information content (AvgIpc) is 1.86. The second kappa shape index (κ2) is 1.94. The van der Waals surface area contributed by atoms with E-state index in [9.17, 15) is 0 Å². The molecular weight excluding hydrogens is 145 g/mol. The minimum atomic E-state index is 0.234. The summed E-state index contributed by atoms with van der Waals surface area (Å²) < 4.78 is 5.01. The molecule has 0 radical (unpaired) electrons. The Labute approximate surface area is 45.1 Å². The number of hydrogen-bond donors (Lipinski definition) is 1. The van der Waals surface area contributed by atoms with Gasteiger partial charge in [0.2, 0.25) is 0 Å². The Morgan fingerprint density at radius 3 is 2.83 bits per heavy atom. The third kappa shape index (κ3) is 0.949. The molecule has 0 spiro atoms. The summed E-state index contributed by atoms with van der Waals surface area (Å²) in [5.41, 5.74) is 0. The van der Waals surface area contributed by atoms with Crippen LogP contribution in [0.5, 0.6) is 0 Å². The Balaban J connectivity index is 2.18. The molecule has 3 heteroatoms. The molecule has 1 atom stereocenters. The van der Waals surface area contributed by atoms with Crippen molar-refractivity contribution >= 4 is 16.0 Å². The third-order valence-electron chi connectivity index (χ3n) is 0.697. The first-order chi connectivity index (χ1) is 2.89. The SMILES string of the molecule is [SeH]C1NCCO1. The van der Waals surface area contributed by atoms with Gasteiger partial charge in [0.15, 0.2) is 0 Å². The van der Waals surface area contributed by atoms with Crippen molar-refractivity contribution < 1.29 is 4.74 Å². The molecule has 0 aromatic rings. The van der Waals surface area contributed by atoms with Crippen LogP contribution < -0.4 is 5.32 Å². The van der Waals surface area contributed by atoms with Crippen LogP contribution in [0.15, 0.2) is 0 Å². The molecule has 1 rings (SSSR count). The molecular formula is C3H7NOSe. The van der Waals surface area contributed by atoms with Gasteiger partial charge in [0.25, 0.3) is 0 Å². The predicted octanol–water partition coefficient (Wildman–Crippen LogP) is -1.21. The van der Waals surface area contributed by atoms with Gasteiger partial charge in [-0.2, -0.15) is 0 Å². The van der Waals surface area contributed by atoms with E-state index in [1.807, 2.05) is 0 Å². The molecule has 1 aliphatic heterocycles. The zero-order valence-electron chi connectivity index (χ0n) is 3.35. The van der Waals surface area contributed by atoms with Gasteiger partial charge in [0.1, 0.15) is 0 Å². The molecule has 0 aromatic carbocycles. The Hall–Kier alpha value is 0.439. The van der Waals surface area contributed by atoms with Crippen LogP contribution in [0, 0.1) is 0 Å². The molecule has 1 N–H and O–H groups in total. The first-order valence-corrected chi connectivity index (χ1v) is 3.01. The molecule has 1 fully saturated rings. The van der Waals surface area contributed by atoms with Crippen LogP contribution in [0.1, 0.15) is 0 Å². The Kier molecular flexibility index (Phi) is 1.48. The van der Waals surface area contributed by atoms with Gasteiger partial charge in [-0.3, -0.25) is 0 Å². The first kappa shape index (κ1) is 4.59. The fourth-order valence-electron chi connectivity index (χ4n) is 0.412. The summed E-state index contributed by atoms with van der Waals surface area (Å²) in [6, 6.07) is 0. The van der Waals surface area contributed by atoms with Crippen LogP contribution in [0.25, 0.3) is 0 Å². The molecule has 36 valence electrons. The Morgan fingerprint density at radius 2 is 2.67 bits per heavy atom. The van der Waals surface area contributed by atoms with Gasteiger partial charge in [-0.1, -0.05) is 0 Å². The van der Waals surface area contributed by atoms with Crippen LogP contribution in [-0.2, 0) is 4.74 Å². The summed E-state index contributed by atoms with van der Waals surface area (Å²) >= 11 is 2.41. The van der Waals surface area contributed by atoms with E-state index >= 15 is 0 Å². The topological polar surface area (TPSA) is 21.3 Å². The second-order valence-corrected chi connectivity index (χ2v) is 2.16. The summed E-state index contributed by atoms with van der Waals surface area (Å²) in [5.74, 6) is 0. The predicted molar refractivity (Wildman–Crippen MR) is 24.9 cm³/mol. The minimum absolute atomic E-state index is 0.234. The number of rotatable bonds is 0. The van der Waals surface area contributed by atoms with Crippen LogP contribution in [0.4, 0.5) is 0 Å². The quantitative estimate of drug-likeness (QED) is 0.440. The van der Waals surface area contributed by atoms with E-state index in [0.717, 1.165) is 13.2 Å². The van der Waals surface area contributed by atoms with Crippen molar-refractivity contribution in [2.45, 2.75) is 5.13 Å². The van der Waals surface area contributed by atoms with Gasteiger partial charge in [0.05, 0.1) is 0 Å². The van der Waals surface area contributed by atoms with Crippen molar-refractivity contribution in [2.24, 2.45) is 0 Å². The van der Waals surface area contributed by atoms with E-state index < -0.39 is 0 Å². The molecule has 1 saturated heterocycles. The van der Waals surface area contributed by atoms with E-state index in [1.165, 1.54) is 0 Å². The van der Waals surface area contributed by atoms with E-state index in [0.29, 0.717) is 0 Å². The van der Waals surface area contributed by atoms with Crippen molar-refractivity contribution in [3.8, 4) is 0 Å². The molecule has 2 nitrogen and oxygen atoms in total. The van der Waals surface area contributed by atoms with Gasteiger partial charge in [-0.05, 0) is 0 Å². The van der Waals surface area contributed by atoms with E-state index in [2.05, 4.69) is 21.3 Å². The van der Waals surface area contributed by atoms with Gasteiger partial charge in [-0.25, -0.2) is 0 Å². The maximum absolute atomic E-state index is 5.01. The van der Waals surface area contributed by atoms with Gasteiger partial charge in [-0.15, -0.1) is 0 Å². The fraction of sp³-hybridized carbons (Fsp3) is 1.00. The number of ether oxygens (including phenoxy) is 1. The number of hydrogen-bond acceptors (Lipinski definition) is 2. The van der Waals surface area contributed by atoms with Crippen LogP contribution in [-0.4, -0.2) is 34.3 Å². The van der Waals surface area contributed by atoms with E-state index in [4.69, 9.17) is 4.74 Å². The molecule has 0 saturated carbocycles. The molecule has 0 amide bonds. The normalized spacial score (nSPS) is 34.5. The third-order valence-corrected chi connectivity index (χ3v) is 1.39. The van der Waals surface area contributed by atoms with Crippen molar-refractivity contribution in [2.75, 3.05) is 13.2 Å². The summed E-state index contributed by atoms with van der Waals surface area (Å²) in [7, 11) is 0. The van der Waals surface area contributed by atoms with Crippen molar-refractivity contribution in [3.63, 3.8) is 0 Å². The average molecular weight is 152 g/mol. The molecule has 0 aliphatic carbocycles. The standard InChI is InChI=1S/C3H7NOSe/c6-3-4-1-2-5-3/h3-4,6H,1-2H2. The molecule has 1 heterocycles. The Morgan fingerprint density at radius 1 is 1.83 bits per heavy atom. The van der Waals surface area contributed by atoms with Gasteiger partial charge < -0.3 is 0 Å². The van der Waals surface area contributed by atoms with Crippen molar-refractivity contribution in [1.82, 2.24) is 5.32 Å². The monoisotopic (exact) mass is 153 g/mol. The Bertz CT molecular complexity index is 44.1. The van der Waals surface area contributed by atoms with E-state index in [-0.39, 0.29) is 5.13 Å². The summed E-state index contributed by atoms with van der Waals surface area (Å²) in [5, 5.41) is 3.30. The zero-order valence-corrected chi connectivity index (χ0v) is 5.22. The van der Waals surface area contributed by atoms with E-state index in [1.54, 1.807) is 0 Å². The van der Waals surface area contributed by atoms with Crippen LogP contribution in [0.3, 0.4) is 0 Å². The molecule has 0 aromatic heterocycles. The van der Waals surface area contributed by atoms with Crippen LogP contribution >= 0.6 is 0 Å². The zero-order chi connectivity index (χ0) is 4.41. The maximum atomic E-state index is 5.01. The fourth-order valence-corrected chi connectivity index (χ4v) is 0.904.